The average Bonchev–Trinajstić information content (AvgIpc) is 2.89. The van der Waals surface area contributed by atoms with Crippen LogP contribution in [0.5, 0.6) is 0 Å². The largest absolute Gasteiger partial charge is 0.465 e. The van der Waals surface area contributed by atoms with Crippen molar-refractivity contribution in [3.63, 3.8) is 0 Å². The normalized spacial score (nSPS) is 12.1. The molecule has 0 spiro atoms. The molecule has 20 heavy (non-hydrogen) atoms. The Morgan fingerprint density at radius 3 is 2.65 bits per heavy atom. The zero-order valence-electron chi connectivity index (χ0n) is 11.6. The second-order valence-corrected chi connectivity index (χ2v) is 4.86. The van der Waals surface area contributed by atoms with Crippen molar-refractivity contribution < 1.29 is 9.21 Å². The lowest BCUT2D eigenvalue weighted by Crippen LogP contribution is -2.40. The van der Waals surface area contributed by atoms with Gasteiger partial charge in [-0.1, -0.05) is 30.3 Å². The van der Waals surface area contributed by atoms with Crippen LogP contribution in [0.4, 0.5) is 0 Å². The predicted molar refractivity (Wildman–Crippen MR) is 78.0 cm³/mol. The van der Waals surface area contributed by atoms with E-state index in [1.54, 1.807) is 0 Å². The molecule has 1 aromatic carbocycles. The van der Waals surface area contributed by atoms with Crippen molar-refractivity contribution in [3.8, 4) is 0 Å². The quantitative estimate of drug-likeness (QED) is 0.846. The van der Waals surface area contributed by atoms with E-state index in [9.17, 15) is 4.79 Å². The van der Waals surface area contributed by atoms with Crippen LogP contribution in [-0.2, 0) is 17.8 Å². The maximum absolute atomic E-state index is 11.9. The number of amides is 1. The van der Waals surface area contributed by atoms with Crippen molar-refractivity contribution in [3.05, 3.63) is 59.5 Å². The summed E-state index contributed by atoms with van der Waals surface area (Å²) in [5, 5.41) is 2.79. The van der Waals surface area contributed by atoms with Gasteiger partial charge >= 0.3 is 0 Å². The molecule has 0 saturated heterocycles. The first-order valence-electron chi connectivity index (χ1n) is 6.77. The van der Waals surface area contributed by atoms with Gasteiger partial charge in [-0.2, -0.15) is 0 Å². The predicted octanol–water partition coefficient (Wildman–Crippen LogP) is 2.16. The second kappa shape index (κ2) is 6.91. The molecule has 0 fully saturated rings. The van der Waals surface area contributed by atoms with Crippen LogP contribution in [0.15, 0.2) is 46.9 Å². The Balaban J connectivity index is 1.74. The fourth-order valence-electron chi connectivity index (χ4n) is 1.98. The lowest BCUT2D eigenvalue weighted by molar-refractivity contribution is -0.122. The van der Waals surface area contributed by atoms with Crippen molar-refractivity contribution in [2.45, 2.75) is 32.4 Å². The number of nitrogens with two attached hydrogens (primary N) is 1. The van der Waals surface area contributed by atoms with Gasteiger partial charge in [-0.15, -0.1) is 0 Å². The van der Waals surface area contributed by atoms with Crippen LogP contribution in [0.25, 0.3) is 0 Å². The van der Waals surface area contributed by atoms with E-state index in [0.717, 1.165) is 17.9 Å². The van der Waals surface area contributed by atoms with Gasteiger partial charge in [0.15, 0.2) is 0 Å². The van der Waals surface area contributed by atoms with E-state index >= 15 is 0 Å². The Hall–Kier alpha value is -2.07. The third kappa shape index (κ3) is 4.24. The molecule has 1 heterocycles. The standard InChI is InChI=1S/C16H20N2O2/c1-12-7-9-14(20-12)11-18-16(19)15(17)10-8-13-5-3-2-4-6-13/h2-7,9,15H,8,10-11,17H2,1H3,(H,18,19). The number of benzene rings is 1. The molecule has 0 aliphatic rings. The minimum atomic E-state index is -0.494. The molecular weight excluding hydrogens is 252 g/mol. The Morgan fingerprint density at radius 2 is 2.00 bits per heavy atom. The van der Waals surface area contributed by atoms with Crippen LogP contribution in [0.3, 0.4) is 0 Å². The van der Waals surface area contributed by atoms with Gasteiger partial charge in [-0.05, 0) is 37.5 Å². The molecular formula is C16H20N2O2. The Morgan fingerprint density at radius 1 is 1.25 bits per heavy atom. The van der Waals surface area contributed by atoms with E-state index in [2.05, 4.69) is 5.32 Å². The summed E-state index contributed by atoms with van der Waals surface area (Å²) < 4.78 is 5.39. The lowest BCUT2D eigenvalue weighted by Gasteiger charge is -2.11. The molecule has 1 amide bonds. The Labute approximate surface area is 119 Å². The molecule has 2 rings (SSSR count). The highest BCUT2D eigenvalue weighted by molar-refractivity contribution is 5.81. The number of hydrogen-bond donors (Lipinski definition) is 2. The van der Waals surface area contributed by atoms with E-state index < -0.39 is 6.04 Å². The molecule has 0 saturated carbocycles. The zero-order chi connectivity index (χ0) is 14.4. The molecule has 0 aliphatic carbocycles. The number of aryl methyl sites for hydroxylation is 2. The van der Waals surface area contributed by atoms with Crippen LogP contribution in [0, 0.1) is 6.92 Å². The van der Waals surface area contributed by atoms with Crippen LogP contribution < -0.4 is 11.1 Å². The van der Waals surface area contributed by atoms with Crippen LogP contribution in [-0.4, -0.2) is 11.9 Å². The first-order valence-corrected chi connectivity index (χ1v) is 6.77. The minimum absolute atomic E-state index is 0.144. The van der Waals surface area contributed by atoms with Gasteiger partial charge in [0.25, 0.3) is 0 Å². The molecule has 1 atom stereocenters. The fourth-order valence-corrected chi connectivity index (χ4v) is 1.98. The lowest BCUT2D eigenvalue weighted by atomic mass is 10.1. The molecule has 2 aromatic rings. The monoisotopic (exact) mass is 272 g/mol. The number of rotatable bonds is 6. The fraction of sp³-hybridized carbons (Fsp3) is 0.312. The molecule has 1 aromatic heterocycles. The molecule has 0 radical (unpaired) electrons. The summed E-state index contributed by atoms with van der Waals surface area (Å²) >= 11 is 0. The SMILES string of the molecule is Cc1ccc(CNC(=O)C(N)CCc2ccccc2)o1. The number of carbonyl (C=O) groups is 1. The molecule has 1 unspecified atom stereocenters. The van der Waals surface area contributed by atoms with Crippen LogP contribution in [0.1, 0.15) is 23.5 Å². The van der Waals surface area contributed by atoms with Crippen LogP contribution in [0.2, 0.25) is 0 Å². The summed E-state index contributed by atoms with van der Waals surface area (Å²) in [6.07, 6.45) is 1.43. The highest BCUT2D eigenvalue weighted by Gasteiger charge is 2.13. The highest BCUT2D eigenvalue weighted by atomic mass is 16.3. The zero-order valence-corrected chi connectivity index (χ0v) is 11.6. The van der Waals surface area contributed by atoms with Gasteiger partial charge in [-0.25, -0.2) is 0 Å². The van der Waals surface area contributed by atoms with Gasteiger partial charge in [-0.3, -0.25) is 4.79 Å². The third-order valence-corrected chi connectivity index (χ3v) is 3.16. The molecule has 0 aliphatic heterocycles. The van der Waals surface area contributed by atoms with Crippen molar-refractivity contribution in [2.24, 2.45) is 5.73 Å². The number of carbonyl (C=O) groups excluding carboxylic acids is 1. The maximum atomic E-state index is 11.9. The van der Waals surface area contributed by atoms with Gasteiger partial charge < -0.3 is 15.5 Å². The number of hydrogen-bond acceptors (Lipinski definition) is 3. The van der Waals surface area contributed by atoms with Gasteiger partial charge in [0.2, 0.25) is 5.91 Å². The Bertz CT molecular complexity index is 549. The highest BCUT2D eigenvalue weighted by Crippen LogP contribution is 2.06. The van der Waals surface area contributed by atoms with Crippen molar-refractivity contribution in [1.82, 2.24) is 5.32 Å². The maximum Gasteiger partial charge on any atom is 0.237 e. The Kier molecular flexibility index (Phi) is 4.96. The van der Waals surface area contributed by atoms with E-state index in [0.29, 0.717) is 13.0 Å². The van der Waals surface area contributed by atoms with E-state index in [1.807, 2.05) is 49.4 Å². The summed E-state index contributed by atoms with van der Waals surface area (Å²) in [6.45, 7) is 2.25. The second-order valence-electron chi connectivity index (χ2n) is 4.86. The average molecular weight is 272 g/mol. The minimum Gasteiger partial charge on any atom is -0.465 e. The van der Waals surface area contributed by atoms with Crippen molar-refractivity contribution in [2.75, 3.05) is 0 Å². The molecule has 106 valence electrons. The van der Waals surface area contributed by atoms with Crippen molar-refractivity contribution in [1.29, 1.82) is 0 Å². The van der Waals surface area contributed by atoms with E-state index in [1.165, 1.54) is 5.56 Å². The summed E-state index contributed by atoms with van der Waals surface area (Å²) in [5.41, 5.74) is 7.08. The molecule has 4 heteroatoms. The number of furan rings is 1. The topological polar surface area (TPSA) is 68.3 Å². The first-order chi connectivity index (χ1) is 9.65. The third-order valence-electron chi connectivity index (χ3n) is 3.16. The summed E-state index contributed by atoms with van der Waals surface area (Å²) in [6, 6.07) is 13.3. The summed E-state index contributed by atoms with van der Waals surface area (Å²) in [7, 11) is 0. The molecule has 0 bridgehead atoms. The summed E-state index contributed by atoms with van der Waals surface area (Å²) in [5.74, 6) is 1.43. The van der Waals surface area contributed by atoms with Gasteiger partial charge in [0.1, 0.15) is 11.5 Å². The number of nitrogens with one attached hydrogen (secondary N) is 1. The smallest absolute Gasteiger partial charge is 0.237 e. The molecule has 4 nitrogen and oxygen atoms in total. The summed E-state index contributed by atoms with van der Waals surface area (Å²) in [4.78, 5) is 11.9. The van der Waals surface area contributed by atoms with Crippen LogP contribution >= 0.6 is 0 Å². The van der Waals surface area contributed by atoms with Gasteiger partial charge in [0.05, 0.1) is 12.6 Å². The van der Waals surface area contributed by atoms with E-state index in [4.69, 9.17) is 10.2 Å². The molecule has 3 N–H and O–H groups in total. The van der Waals surface area contributed by atoms with Crippen molar-refractivity contribution >= 4 is 5.91 Å². The van der Waals surface area contributed by atoms with Gasteiger partial charge in [0, 0.05) is 0 Å². The first kappa shape index (κ1) is 14.3. The van der Waals surface area contributed by atoms with E-state index in [-0.39, 0.29) is 5.91 Å².